The molecule has 10 heteroatoms. The van der Waals surface area contributed by atoms with E-state index in [2.05, 4.69) is 20.4 Å². The van der Waals surface area contributed by atoms with Crippen LogP contribution in [0.2, 0.25) is 0 Å². The van der Waals surface area contributed by atoms with Crippen LogP contribution in [-0.2, 0) is 6.18 Å². The largest absolute Gasteiger partial charge is 0.416 e. The lowest BCUT2D eigenvalue weighted by molar-refractivity contribution is -0.137. The van der Waals surface area contributed by atoms with E-state index in [-0.39, 0.29) is 6.04 Å². The average Bonchev–Trinajstić information content (AvgIpc) is 2.82. The maximum absolute atomic E-state index is 13.6. The molecule has 4 rings (SSSR count). The van der Waals surface area contributed by atoms with E-state index in [1.807, 2.05) is 24.3 Å². The van der Waals surface area contributed by atoms with E-state index in [0.717, 1.165) is 68.4 Å². The number of benzene rings is 2. The van der Waals surface area contributed by atoms with E-state index >= 15 is 0 Å². The van der Waals surface area contributed by atoms with Gasteiger partial charge < -0.3 is 27.0 Å². The minimum Gasteiger partial charge on any atom is -0.380 e. The van der Waals surface area contributed by atoms with Crippen LogP contribution >= 0.6 is 11.8 Å². The number of anilines is 3. The molecule has 2 aliphatic rings. The zero-order valence-electron chi connectivity index (χ0n) is 19.2. The summed E-state index contributed by atoms with van der Waals surface area (Å²) in [4.78, 5) is 6.20. The Hall–Kier alpha value is -1.98. The van der Waals surface area contributed by atoms with Gasteiger partial charge in [0.2, 0.25) is 0 Å². The van der Waals surface area contributed by atoms with Gasteiger partial charge >= 0.3 is 6.18 Å². The SMILES string of the molecule is NCCN(CCN)CCN1CCC(Nc2cc(C(F)(F)F)cc3c2Nc2ccccc2S3)CC1. The fourth-order valence-electron chi connectivity index (χ4n) is 4.52. The van der Waals surface area contributed by atoms with E-state index in [9.17, 15) is 13.2 Å². The van der Waals surface area contributed by atoms with Crippen molar-refractivity contribution in [3.63, 3.8) is 0 Å². The second-order valence-corrected chi connectivity index (χ2v) is 9.88. The van der Waals surface area contributed by atoms with Gasteiger partial charge in [0.25, 0.3) is 0 Å². The van der Waals surface area contributed by atoms with Crippen LogP contribution < -0.4 is 22.1 Å². The van der Waals surface area contributed by atoms with Crippen molar-refractivity contribution in [1.82, 2.24) is 9.80 Å². The highest BCUT2D eigenvalue weighted by molar-refractivity contribution is 7.99. The Morgan fingerprint density at radius 2 is 1.74 bits per heavy atom. The van der Waals surface area contributed by atoms with Gasteiger partial charge in [-0.15, -0.1) is 0 Å². The van der Waals surface area contributed by atoms with Crippen LogP contribution in [0.15, 0.2) is 46.2 Å². The number of likely N-dealkylation sites (tertiary alicyclic amines) is 1. The summed E-state index contributed by atoms with van der Waals surface area (Å²) >= 11 is 1.37. The monoisotopic (exact) mass is 494 g/mol. The minimum absolute atomic E-state index is 0.122. The first kappa shape index (κ1) is 25.1. The van der Waals surface area contributed by atoms with E-state index in [1.165, 1.54) is 23.9 Å². The highest BCUT2D eigenvalue weighted by atomic mass is 32.2. The quantitative estimate of drug-likeness (QED) is 0.358. The maximum atomic E-state index is 13.6. The second kappa shape index (κ2) is 11.2. The van der Waals surface area contributed by atoms with E-state index in [0.29, 0.717) is 23.7 Å². The molecule has 0 saturated carbocycles. The molecule has 0 spiro atoms. The van der Waals surface area contributed by atoms with Crippen molar-refractivity contribution in [2.45, 2.75) is 34.9 Å². The number of piperidine rings is 1. The number of alkyl halides is 3. The molecule has 0 aliphatic carbocycles. The van der Waals surface area contributed by atoms with Gasteiger partial charge in [-0.3, -0.25) is 4.90 Å². The van der Waals surface area contributed by atoms with Crippen molar-refractivity contribution in [1.29, 1.82) is 0 Å². The molecule has 2 aliphatic heterocycles. The second-order valence-electron chi connectivity index (χ2n) is 8.80. The summed E-state index contributed by atoms with van der Waals surface area (Å²) in [6, 6.07) is 10.3. The number of halogens is 3. The normalized spacial score (nSPS) is 16.8. The zero-order valence-corrected chi connectivity index (χ0v) is 20.0. The number of fused-ring (bicyclic) bond motifs is 2. The van der Waals surface area contributed by atoms with Crippen molar-refractivity contribution >= 4 is 28.8 Å². The Kier molecular flexibility index (Phi) is 8.26. The third kappa shape index (κ3) is 6.17. The molecule has 2 aromatic carbocycles. The lowest BCUT2D eigenvalue weighted by Gasteiger charge is -2.35. The summed E-state index contributed by atoms with van der Waals surface area (Å²) in [7, 11) is 0. The number of nitrogens with two attached hydrogens (primary N) is 2. The Labute approximate surface area is 203 Å². The van der Waals surface area contributed by atoms with E-state index < -0.39 is 11.7 Å². The minimum atomic E-state index is -4.40. The number of nitrogens with one attached hydrogen (secondary N) is 2. The van der Waals surface area contributed by atoms with Crippen LogP contribution in [0.4, 0.5) is 30.2 Å². The van der Waals surface area contributed by atoms with Crippen LogP contribution in [-0.4, -0.2) is 68.2 Å². The summed E-state index contributed by atoms with van der Waals surface area (Å²) in [5.41, 5.74) is 12.9. The highest BCUT2D eigenvalue weighted by Gasteiger charge is 2.34. The molecule has 0 bridgehead atoms. The number of para-hydroxylation sites is 1. The molecule has 2 heterocycles. The first-order chi connectivity index (χ1) is 16.4. The molecule has 2 aromatic rings. The predicted molar refractivity (Wildman–Crippen MR) is 133 cm³/mol. The predicted octanol–water partition coefficient (Wildman–Crippen LogP) is 4.01. The van der Waals surface area contributed by atoms with Crippen LogP contribution in [0.3, 0.4) is 0 Å². The van der Waals surface area contributed by atoms with Crippen molar-refractivity contribution < 1.29 is 13.2 Å². The van der Waals surface area contributed by atoms with Gasteiger partial charge in [0.15, 0.2) is 0 Å². The first-order valence-corrected chi connectivity index (χ1v) is 12.6. The first-order valence-electron chi connectivity index (χ1n) is 11.8. The van der Waals surface area contributed by atoms with Crippen molar-refractivity contribution in [2.24, 2.45) is 11.5 Å². The van der Waals surface area contributed by atoms with Crippen molar-refractivity contribution in [2.75, 3.05) is 63.0 Å². The van der Waals surface area contributed by atoms with Gasteiger partial charge in [0, 0.05) is 68.2 Å². The Morgan fingerprint density at radius 3 is 2.41 bits per heavy atom. The molecule has 6 N–H and O–H groups in total. The summed E-state index contributed by atoms with van der Waals surface area (Å²) in [6.07, 6.45) is -2.64. The number of hydrogen-bond acceptors (Lipinski definition) is 7. The van der Waals surface area contributed by atoms with Crippen LogP contribution in [0.1, 0.15) is 18.4 Å². The highest BCUT2D eigenvalue weighted by Crippen LogP contribution is 2.49. The molecule has 186 valence electrons. The topological polar surface area (TPSA) is 82.6 Å². The van der Waals surface area contributed by atoms with Gasteiger partial charge in [-0.2, -0.15) is 13.2 Å². The van der Waals surface area contributed by atoms with Gasteiger partial charge in [-0.1, -0.05) is 23.9 Å². The molecule has 6 nitrogen and oxygen atoms in total. The lowest BCUT2D eigenvalue weighted by atomic mass is 10.0. The van der Waals surface area contributed by atoms with Crippen molar-refractivity contribution in [3.05, 3.63) is 42.0 Å². The standard InChI is InChI=1S/C24H33F3N6S/c25-24(26,27)17-15-20(23-22(16-17)34-21-4-2-1-3-19(21)31-23)30-18-5-9-32(10-6-18)13-14-33(11-7-28)12-8-29/h1-4,15-16,18,30-31H,5-14,28-29H2. The lowest BCUT2D eigenvalue weighted by Crippen LogP contribution is -2.44. The zero-order chi connectivity index (χ0) is 24.1. The smallest absolute Gasteiger partial charge is 0.380 e. The molecular formula is C24H33F3N6S. The van der Waals surface area contributed by atoms with Gasteiger partial charge in [0.1, 0.15) is 0 Å². The van der Waals surface area contributed by atoms with Crippen LogP contribution in [0.25, 0.3) is 0 Å². The summed E-state index contributed by atoms with van der Waals surface area (Å²) in [5, 5.41) is 6.79. The summed E-state index contributed by atoms with van der Waals surface area (Å²) in [6.45, 7) is 6.59. The maximum Gasteiger partial charge on any atom is 0.416 e. The molecule has 0 atom stereocenters. The average molecular weight is 495 g/mol. The molecule has 1 saturated heterocycles. The van der Waals surface area contributed by atoms with Crippen LogP contribution in [0.5, 0.6) is 0 Å². The van der Waals surface area contributed by atoms with Crippen molar-refractivity contribution in [3.8, 4) is 0 Å². The van der Waals surface area contributed by atoms with Gasteiger partial charge in [0.05, 0.1) is 22.6 Å². The summed E-state index contributed by atoms with van der Waals surface area (Å²) < 4.78 is 40.9. The van der Waals surface area contributed by atoms with E-state index in [4.69, 9.17) is 11.5 Å². The molecule has 0 amide bonds. The summed E-state index contributed by atoms with van der Waals surface area (Å²) in [5.74, 6) is 0. The Morgan fingerprint density at radius 1 is 1.03 bits per heavy atom. The Bertz CT molecular complexity index is 956. The molecule has 0 unspecified atom stereocenters. The molecule has 0 aromatic heterocycles. The molecular weight excluding hydrogens is 461 g/mol. The molecule has 0 radical (unpaired) electrons. The molecule has 1 fully saturated rings. The van der Waals surface area contributed by atoms with Gasteiger partial charge in [-0.25, -0.2) is 0 Å². The third-order valence-corrected chi connectivity index (χ3v) is 7.48. The fourth-order valence-corrected chi connectivity index (χ4v) is 5.58. The third-order valence-electron chi connectivity index (χ3n) is 6.37. The van der Waals surface area contributed by atoms with Crippen LogP contribution in [0, 0.1) is 0 Å². The Balaban J connectivity index is 1.42. The van der Waals surface area contributed by atoms with Gasteiger partial charge in [-0.05, 0) is 37.1 Å². The molecule has 34 heavy (non-hydrogen) atoms. The van der Waals surface area contributed by atoms with E-state index in [1.54, 1.807) is 0 Å². The number of nitrogens with zero attached hydrogens (tertiary/aromatic N) is 2. The number of hydrogen-bond donors (Lipinski definition) is 4. The number of rotatable bonds is 9. The fraction of sp³-hybridized carbons (Fsp3) is 0.500.